The van der Waals surface area contributed by atoms with Gasteiger partial charge in [-0.3, -0.25) is 9.59 Å². The van der Waals surface area contributed by atoms with Crippen LogP contribution in [0, 0.1) is 50.2 Å². The lowest BCUT2D eigenvalue weighted by Gasteiger charge is -2.71. The maximum Gasteiger partial charge on any atom is 0.335 e. The van der Waals surface area contributed by atoms with E-state index in [-0.39, 0.29) is 57.3 Å². The Balaban J connectivity index is 1.23. The lowest BCUT2D eigenvalue weighted by Crippen LogP contribution is -2.66. The van der Waals surface area contributed by atoms with Crippen molar-refractivity contribution in [1.29, 1.82) is 0 Å². The topological polar surface area (TPSA) is 183 Å². The molecule has 6 aliphatic rings. The number of carboxylic acids is 2. The molecule has 300 valence electrons. The van der Waals surface area contributed by atoms with Gasteiger partial charge < -0.3 is 40.3 Å². The maximum absolute atomic E-state index is 14.3. The van der Waals surface area contributed by atoms with Crippen LogP contribution in [-0.4, -0.2) is 86.7 Å². The van der Waals surface area contributed by atoms with Crippen LogP contribution in [0.5, 0.6) is 0 Å². The van der Waals surface area contributed by atoms with Gasteiger partial charge in [-0.05, 0) is 122 Å². The molecule has 1 amide bonds. The van der Waals surface area contributed by atoms with Gasteiger partial charge in [-0.1, -0.05) is 66.5 Å². The molecule has 1 saturated heterocycles. The van der Waals surface area contributed by atoms with E-state index in [1.54, 1.807) is 0 Å². The number of rotatable bonds is 10. The molecule has 0 radical (unpaired) electrons. The van der Waals surface area contributed by atoms with Crippen molar-refractivity contribution in [3.05, 3.63) is 11.6 Å². The Hall–Kier alpha value is -2.05. The van der Waals surface area contributed by atoms with Gasteiger partial charge in [-0.2, -0.15) is 0 Å². The number of aliphatic hydroxyl groups excluding tert-OH is 3. The standard InChI is InChI=1S/C42H67NO10/c1-37(2)18-20-42(36(51)43-22-10-8-9-11-29(44)45)21-19-40(6)24(25(42)23-37)12-13-27-39(5)16-15-28(38(3,4)26(39)14-17-41(27,40)7)52-35-32(48)30(46)31(47)33(53-35)34(49)50/h12,25-28,30-33,35,46-48H,8-11,13-23H2,1-7H3,(H,43,51)(H,44,45)(H,49,50)/t25?,26?,27?,28-,30-,31-,32+,33-,35+,39-,40+,41+,42-/m0/s1. The first kappa shape index (κ1) is 40.6. The van der Waals surface area contributed by atoms with Crippen LogP contribution >= 0.6 is 0 Å². The van der Waals surface area contributed by atoms with Gasteiger partial charge in [-0.25, -0.2) is 4.79 Å². The number of hydrogen-bond acceptors (Lipinski definition) is 8. The zero-order chi connectivity index (χ0) is 38.9. The molecule has 5 fully saturated rings. The Kier molecular flexibility index (Phi) is 10.8. The van der Waals surface area contributed by atoms with E-state index < -0.39 is 48.1 Å². The summed E-state index contributed by atoms with van der Waals surface area (Å²) in [5, 5.41) is 53.4. The van der Waals surface area contributed by atoms with Gasteiger partial charge in [0, 0.05) is 13.0 Å². The molecular formula is C42H67NO10. The van der Waals surface area contributed by atoms with E-state index in [4.69, 9.17) is 14.6 Å². The van der Waals surface area contributed by atoms with E-state index in [9.17, 15) is 34.8 Å². The summed E-state index contributed by atoms with van der Waals surface area (Å²) in [6, 6.07) is 0. The fourth-order valence-corrected chi connectivity index (χ4v) is 13.2. The van der Waals surface area contributed by atoms with Gasteiger partial charge in [0.1, 0.15) is 18.3 Å². The van der Waals surface area contributed by atoms with E-state index in [2.05, 4.69) is 59.9 Å². The van der Waals surface area contributed by atoms with Crippen LogP contribution in [0.25, 0.3) is 0 Å². The van der Waals surface area contributed by atoms with E-state index in [1.165, 1.54) is 5.57 Å². The average Bonchev–Trinajstić information content (AvgIpc) is 3.07. The summed E-state index contributed by atoms with van der Waals surface area (Å²) in [7, 11) is 0. The third-order valence-electron chi connectivity index (χ3n) is 16.5. The molecule has 3 unspecified atom stereocenters. The zero-order valence-electron chi connectivity index (χ0n) is 33.2. The smallest absolute Gasteiger partial charge is 0.335 e. The number of allylic oxidation sites excluding steroid dienone is 2. The van der Waals surface area contributed by atoms with Crippen LogP contribution in [0.15, 0.2) is 11.6 Å². The largest absolute Gasteiger partial charge is 0.481 e. The van der Waals surface area contributed by atoms with Crippen molar-refractivity contribution in [3.8, 4) is 0 Å². The van der Waals surface area contributed by atoms with E-state index in [1.807, 2.05) is 0 Å². The number of carbonyl (C=O) groups excluding carboxylic acids is 1. The molecule has 0 bridgehead atoms. The maximum atomic E-state index is 14.3. The summed E-state index contributed by atoms with van der Waals surface area (Å²) in [6.45, 7) is 17.2. The van der Waals surface area contributed by atoms with Crippen LogP contribution in [0.3, 0.4) is 0 Å². The predicted molar refractivity (Wildman–Crippen MR) is 197 cm³/mol. The molecule has 4 saturated carbocycles. The summed E-state index contributed by atoms with van der Waals surface area (Å²) < 4.78 is 12.0. The van der Waals surface area contributed by atoms with Crippen LogP contribution in [0.4, 0.5) is 0 Å². The Morgan fingerprint density at radius 1 is 0.830 bits per heavy atom. The SMILES string of the molecule is CC1(C)CC[C@]2(C(=O)NCCCCCC(=O)O)CC[C@]3(C)C(=CCC4[C@@]5(C)CC[C@H](O[C@@H]6O[C@H](C(=O)O)[C@@H](O)[C@H](O)[C@H]6O)C(C)(C)C5CC[C@]43C)C2C1. The fourth-order valence-electron chi connectivity index (χ4n) is 13.2. The first-order chi connectivity index (χ1) is 24.6. The van der Waals surface area contributed by atoms with Crippen molar-refractivity contribution in [2.45, 2.75) is 175 Å². The van der Waals surface area contributed by atoms with Crippen molar-refractivity contribution >= 4 is 17.8 Å². The third kappa shape index (κ3) is 6.60. The highest BCUT2D eigenvalue weighted by atomic mass is 16.7. The van der Waals surface area contributed by atoms with Crippen LogP contribution in [0.1, 0.15) is 138 Å². The molecule has 0 aromatic carbocycles. The monoisotopic (exact) mass is 745 g/mol. The summed E-state index contributed by atoms with van der Waals surface area (Å²) in [6.07, 6.45) is 5.84. The summed E-state index contributed by atoms with van der Waals surface area (Å²) in [4.78, 5) is 37.0. The average molecular weight is 746 g/mol. The van der Waals surface area contributed by atoms with E-state index >= 15 is 0 Å². The molecule has 5 aliphatic carbocycles. The highest BCUT2D eigenvalue weighted by Crippen LogP contribution is 2.76. The zero-order valence-corrected chi connectivity index (χ0v) is 33.2. The number of nitrogens with one attached hydrogen (secondary N) is 1. The molecule has 53 heavy (non-hydrogen) atoms. The minimum absolute atomic E-state index is 0.00880. The second-order valence-electron chi connectivity index (χ2n) is 20.1. The Labute approximate surface area is 315 Å². The van der Waals surface area contributed by atoms with Crippen LogP contribution in [-0.2, 0) is 23.9 Å². The minimum Gasteiger partial charge on any atom is -0.481 e. The van der Waals surface area contributed by atoms with Crippen LogP contribution in [0.2, 0.25) is 0 Å². The fraction of sp³-hybridized carbons (Fsp3) is 0.881. The van der Waals surface area contributed by atoms with Gasteiger partial charge in [0.05, 0.1) is 11.5 Å². The van der Waals surface area contributed by atoms with Crippen molar-refractivity contribution in [1.82, 2.24) is 5.32 Å². The van der Waals surface area contributed by atoms with Crippen molar-refractivity contribution < 1.29 is 49.4 Å². The number of unbranched alkanes of at least 4 members (excludes halogenated alkanes) is 2. The summed E-state index contributed by atoms with van der Waals surface area (Å²) in [5.41, 5.74) is 0.846. The first-order valence-electron chi connectivity index (χ1n) is 20.4. The first-order valence-corrected chi connectivity index (χ1v) is 20.4. The molecule has 13 atom stereocenters. The van der Waals surface area contributed by atoms with Gasteiger partial charge in [0.15, 0.2) is 12.4 Å². The Morgan fingerprint density at radius 2 is 1.53 bits per heavy atom. The molecule has 0 spiro atoms. The number of carbonyl (C=O) groups is 3. The lowest BCUT2D eigenvalue weighted by atomic mass is 9.33. The molecular weight excluding hydrogens is 678 g/mol. The number of hydrogen-bond donors (Lipinski definition) is 6. The minimum atomic E-state index is -1.76. The molecule has 1 heterocycles. The third-order valence-corrected chi connectivity index (χ3v) is 16.5. The second kappa shape index (κ2) is 14.2. The highest BCUT2D eigenvalue weighted by Gasteiger charge is 2.69. The van der Waals surface area contributed by atoms with Crippen molar-refractivity contribution in [2.24, 2.45) is 50.2 Å². The number of carboxylic acid groups (broad SMARTS) is 2. The van der Waals surface area contributed by atoms with Gasteiger partial charge >= 0.3 is 11.9 Å². The number of aliphatic carboxylic acids is 2. The molecule has 0 aromatic rings. The van der Waals surface area contributed by atoms with Crippen molar-refractivity contribution in [3.63, 3.8) is 0 Å². The van der Waals surface area contributed by atoms with Gasteiger partial charge in [0.2, 0.25) is 5.91 Å². The number of amides is 1. The highest BCUT2D eigenvalue weighted by molar-refractivity contribution is 5.84. The molecule has 0 aromatic heterocycles. The molecule has 1 aliphatic heterocycles. The number of ether oxygens (including phenoxy) is 2. The predicted octanol–water partition coefficient (Wildman–Crippen LogP) is 5.83. The summed E-state index contributed by atoms with van der Waals surface area (Å²) in [5.74, 6) is -1.12. The quantitative estimate of drug-likeness (QED) is 0.0905. The molecule has 6 N–H and O–H groups in total. The number of aliphatic hydroxyl groups is 3. The second-order valence-corrected chi connectivity index (χ2v) is 20.1. The van der Waals surface area contributed by atoms with E-state index in [0.717, 1.165) is 70.6 Å². The van der Waals surface area contributed by atoms with Gasteiger partial charge in [-0.15, -0.1) is 0 Å². The molecule has 11 heteroatoms. The summed E-state index contributed by atoms with van der Waals surface area (Å²) >= 11 is 0. The van der Waals surface area contributed by atoms with Crippen molar-refractivity contribution in [2.75, 3.05) is 6.54 Å². The Morgan fingerprint density at radius 3 is 2.21 bits per heavy atom. The molecule has 6 rings (SSSR count). The Bertz CT molecular complexity index is 1460. The number of fused-ring (bicyclic) bond motifs is 7. The lowest BCUT2D eigenvalue weighted by molar-refractivity contribution is -0.324. The molecule has 11 nitrogen and oxygen atoms in total. The van der Waals surface area contributed by atoms with Gasteiger partial charge in [0.25, 0.3) is 0 Å². The van der Waals surface area contributed by atoms with Crippen LogP contribution < -0.4 is 5.32 Å². The normalized spacial score (nSPS) is 45.7. The van der Waals surface area contributed by atoms with E-state index in [0.29, 0.717) is 25.3 Å².